The maximum absolute atomic E-state index is 12.0. The molecule has 0 radical (unpaired) electrons. The van der Waals surface area contributed by atoms with Crippen LogP contribution in [0.2, 0.25) is 0 Å². The van der Waals surface area contributed by atoms with Gasteiger partial charge in [-0.2, -0.15) is 0 Å². The summed E-state index contributed by atoms with van der Waals surface area (Å²) in [6, 6.07) is -2.28. The van der Waals surface area contributed by atoms with Crippen LogP contribution in [0.25, 0.3) is 0 Å². The summed E-state index contributed by atoms with van der Waals surface area (Å²) < 4.78 is 4.51. The number of aliphatic carboxylic acids is 1. The molecule has 24 heavy (non-hydrogen) atoms. The third-order valence-electron chi connectivity index (χ3n) is 2.87. The van der Waals surface area contributed by atoms with Crippen molar-refractivity contribution in [3.63, 3.8) is 0 Å². The van der Waals surface area contributed by atoms with Crippen molar-refractivity contribution in [3.8, 4) is 0 Å². The van der Waals surface area contributed by atoms with E-state index < -0.39 is 48.7 Å². The van der Waals surface area contributed by atoms with Crippen LogP contribution in [0, 0.1) is 5.92 Å². The summed E-state index contributed by atoms with van der Waals surface area (Å²) in [7, 11) is 0. The molecule has 0 aliphatic carbocycles. The number of amides is 2. The van der Waals surface area contributed by atoms with Crippen LogP contribution in [0.3, 0.4) is 0 Å². The number of rotatable bonds is 10. The maximum Gasteiger partial charge on any atom is 0.305 e. The van der Waals surface area contributed by atoms with Gasteiger partial charge in [-0.1, -0.05) is 13.8 Å². The number of carboxylic acids is 1. The van der Waals surface area contributed by atoms with Gasteiger partial charge < -0.3 is 20.5 Å². The molecule has 2 unspecified atom stereocenters. The Morgan fingerprint density at radius 3 is 2.04 bits per heavy atom. The minimum Gasteiger partial charge on any atom is -0.481 e. The van der Waals surface area contributed by atoms with Crippen molar-refractivity contribution in [1.82, 2.24) is 10.6 Å². The zero-order valence-electron chi connectivity index (χ0n) is 14.3. The molecule has 136 valence electrons. The van der Waals surface area contributed by atoms with Gasteiger partial charge in [0, 0.05) is 13.3 Å². The van der Waals surface area contributed by atoms with E-state index in [4.69, 9.17) is 5.11 Å². The summed E-state index contributed by atoms with van der Waals surface area (Å²) in [4.78, 5) is 57.0. The average molecular weight is 344 g/mol. The van der Waals surface area contributed by atoms with Crippen LogP contribution in [0.1, 0.15) is 40.5 Å². The van der Waals surface area contributed by atoms with Crippen LogP contribution in [0.4, 0.5) is 0 Å². The van der Waals surface area contributed by atoms with Crippen LogP contribution >= 0.6 is 0 Å². The number of esters is 1. The molecule has 0 spiro atoms. The minimum absolute atomic E-state index is 0.116. The SMILES string of the molecule is CC(=O)OCC(=O)C(CC(=O)O)NC(=O)C(C)NC(=O)CC(C)C. The topological polar surface area (TPSA) is 139 Å². The molecule has 9 nitrogen and oxygen atoms in total. The lowest BCUT2D eigenvalue weighted by atomic mass is 10.1. The number of hydrogen-bond donors (Lipinski definition) is 3. The van der Waals surface area contributed by atoms with Crippen molar-refractivity contribution in [3.05, 3.63) is 0 Å². The van der Waals surface area contributed by atoms with Gasteiger partial charge in [0.1, 0.15) is 12.1 Å². The number of nitrogens with one attached hydrogen (secondary N) is 2. The molecule has 0 rings (SSSR count). The van der Waals surface area contributed by atoms with Crippen molar-refractivity contribution < 1.29 is 33.8 Å². The maximum atomic E-state index is 12.0. The van der Waals surface area contributed by atoms with Crippen LogP contribution in [0.5, 0.6) is 0 Å². The summed E-state index contributed by atoms with van der Waals surface area (Å²) in [5.74, 6) is -3.65. The van der Waals surface area contributed by atoms with Gasteiger partial charge in [0.15, 0.2) is 12.4 Å². The minimum atomic E-state index is -1.35. The molecule has 2 amide bonds. The van der Waals surface area contributed by atoms with E-state index in [9.17, 15) is 24.0 Å². The van der Waals surface area contributed by atoms with E-state index >= 15 is 0 Å². The summed E-state index contributed by atoms with van der Waals surface area (Å²) in [5.41, 5.74) is 0. The zero-order chi connectivity index (χ0) is 18.9. The van der Waals surface area contributed by atoms with Crippen LogP contribution in [-0.2, 0) is 28.7 Å². The van der Waals surface area contributed by atoms with Crippen LogP contribution < -0.4 is 10.6 Å². The predicted molar refractivity (Wildman–Crippen MR) is 82.9 cm³/mol. The molecule has 0 bridgehead atoms. The molecule has 0 aromatic carbocycles. The number of hydrogen-bond acceptors (Lipinski definition) is 6. The second-order valence-electron chi connectivity index (χ2n) is 5.79. The van der Waals surface area contributed by atoms with Gasteiger partial charge in [0.05, 0.1) is 6.42 Å². The molecule has 0 saturated carbocycles. The van der Waals surface area contributed by atoms with Crippen molar-refractivity contribution in [2.45, 2.75) is 52.6 Å². The van der Waals surface area contributed by atoms with Gasteiger partial charge in [0.25, 0.3) is 0 Å². The van der Waals surface area contributed by atoms with Gasteiger partial charge in [0.2, 0.25) is 11.8 Å². The fourth-order valence-electron chi connectivity index (χ4n) is 1.73. The van der Waals surface area contributed by atoms with Gasteiger partial charge in [-0.25, -0.2) is 0 Å². The predicted octanol–water partition coefficient (Wildman–Crippen LogP) is -0.371. The molecular formula is C15H24N2O7. The highest BCUT2D eigenvalue weighted by molar-refractivity contribution is 5.95. The first kappa shape index (κ1) is 21.6. The zero-order valence-corrected chi connectivity index (χ0v) is 14.3. The Morgan fingerprint density at radius 2 is 1.58 bits per heavy atom. The summed E-state index contributed by atoms with van der Waals surface area (Å²) in [6.45, 7) is 5.58. The largest absolute Gasteiger partial charge is 0.481 e. The van der Waals surface area contributed by atoms with Gasteiger partial charge >= 0.3 is 11.9 Å². The molecule has 0 fully saturated rings. The number of ketones is 1. The molecular weight excluding hydrogens is 320 g/mol. The second-order valence-corrected chi connectivity index (χ2v) is 5.79. The lowest BCUT2D eigenvalue weighted by Crippen LogP contribution is -2.51. The van der Waals surface area contributed by atoms with E-state index in [1.165, 1.54) is 6.92 Å². The molecule has 3 N–H and O–H groups in total. The Bertz CT molecular complexity index is 502. The highest BCUT2D eigenvalue weighted by Gasteiger charge is 2.27. The molecule has 0 aliphatic rings. The molecule has 0 aromatic rings. The highest BCUT2D eigenvalue weighted by atomic mass is 16.5. The molecule has 0 heterocycles. The monoisotopic (exact) mass is 344 g/mol. The molecule has 2 atom stereocenters. The Labute approximate surface area is 140 Å². The van der Waals surface area contributed by atoms with E-state index in [-0.39, 0.29) is 18.2 Å². The van der Waals surface area contributed by atoms with E-state index in [2.05, 4.69) is 15.4 Å². The quantitative estimate of drug-likeness (QED) is 0.459. The van der Waals surface area contributed by atoms with Gasteiger partial charge in [-0.05, 0) is 12.8 Å². The fourth-order valence-corrected chi connectivity index (χ4v) is 1.73. The van der Waals surface area contributed by atoms with E-state index in [1.54, 1.807) is 0 Å². The summed E-state index contributed by atoms with van der Waals surface area (Å²) in [6.07, 6.45) is -0.417. The van der Waals surface area contributed by atoms with Crippen molar-refractivity contribution in [2.24, 2.45) is 5.92 Å². The first-order valence-electron chi connectivity index (χ1n) is 7.50. The molecule has 0 aliphatic heterocycles. The Balaban J connectivity index is 4.73. The third kappa shape index (κ3) is 9.54. The number of carbonyl (C=O) groups is 5. The smallest absolute Gasteiger partial charge is 0.305 e. The molecule has 9 heteroatoms. The van der Waals surface area contributed by atoms with Gasteiger partial charge in [-0.3, -0.25) is 24.0 Å². The fraction of sp³-hybridized carbons (Fsp3) is 0.667. The Kier molecular flexibility index (Phi) is 9.29. The highest BCUT2D eigenvalue weighted by Crippen LogP contribution is 2.01. The van der Waals surface area contributed by atoms with Crippen molar-refractivity contribution in [1.29, 1.82) is 0 Å². The van der Waals surface area contributed by atoms with Crippen LogP contribution in [0.15, 0.2) is 0 Å². The van der Waals surface area contributed by atoms with Gasteiger partial charge in [-0.15, -0.1) is 0 Å². The van der Waals surface area contributed by atoms with Crippen molar-refractivity contribution in [2.75, 3.05) is 6.61 Å². The Hall–Kier alpha value is -2.45. The summed E-state index contributed by atoms with van der Waals surface area (Å²) in [5, 5.41) is 13.5. The average Bonchev–Trinajstić information content (AvgIpc) is 2.42. The van der Waals surface area contributed by atoms with Crippen molar-refractivity contribution >= 4 is 29.5 Å². The number of ether oxygens (including phenoxy) is 1. The first-order valence-corrected chi connectivity index (χ1v) is 7.50. The van der Waals surface area contributed by atoms with E-state index in [0.29, 0.717) is 0 Å². The van der Waals surface area contributed by atoms with E-state index in [1.807, 2.05) is 13.8 Å². The number of carbonyl (C=O) groups excluding carboxylic acids is 4. The number of Topliss-reactive ketones (excluding diaryl/α,β-unsaturated/α-hetero) is 1. The van der Waals surface area contributed by atoms with E-state index in [0.717, 1.165) is 6.92 Å². The summed E-state index contributed by atoms with van der Waals surface area (Å²) >= 11 is 0. The lowest BCUT2D eigenvalue weighted by Gasteiger charge is -2.20. The standard InChI is InChI=1S/C15H24N2O7/c1-8(2)5-13(20)16-9(3)15(23)17-11(6-14(21)22)12(19)7-24-10(4)18/h8-9,11H,5-7H2,1-4H3,(H,16,20)(H,17,23)(H,21,22). The van der Waals surface area contributed by atoms with Crippen LogP contribution in [-0.4, -0.2) is 53.3 Å². The molecule has 0 aromatic heterocycles. The Morgan fingerprint density at radius 1 is 1.00 bits per heavy atom. The first-order chi connectivity index (χ1) is 11.0. The number of carboxylic acid groups (broad SMARTS) is 1. The third-order valence-corrected chi connectivity index (χ3v) is 2.87. The molecule has 0 saturated heterocycles. The second kappa shape index (κ2) is 10.3. The lowest BCUT2D eigenvalue weighted by molar-refractivity contribution is -0.147. The normalized spacial score (nSPS) is 12.9.